The number of non-ortho nitro benzene ring substituents is 1. The number of carboxylic acids is 1. The summed E-state index contributed by atoms with van der Waals surface area (Å²) in [4.78, 5) is 20.6. The number of carbonyl (C=O) groups excluding carboxylic acids is 1. The van der Waals surface area contributed by atoms with E-state index in [0.717, 1.165) is 0 Å². The molecule has 0 radical (unpaired) electrons. The normalized spacial score (nSPS) is 13.2. The molecule has 0 saturated carbocycles. The minimum Gasteiger partial charge on any atom is -0.550 e. The smallest absolute Gasteiger partial charge is 0.269 e. The summed E-state index contributed by atoms with van der Waals surface area (Å²) in [5, 5.41) is 30.4. The van der Waals surface area contributed by atoms with Gasteiger partial charge in [0, 0.05) is 23.7 Å². The fourth-order valence-corrected chi connectivity index (χ4v) is 2.72. The maximum Gasteiger partial charge on any atom is 0.269 e. The van der Waals surface area contributed by atoms with Crippen LogP contribution >= 0.6 is 0 Å². The van der Waals surface area contributed by atoms with Crippen LogP contribution in [0.2, 0.25) is 0 Å². The lowest BCUT2D eigenvalue weighted by atomic mass is 9.76. The monoisotopic (exact) mass is 383 g/mol. The molecule has 28 heavy (non-hydrogen) atoms. The molecule has 0 heterocycles. The molecule has 0 saturated heterocycles. The van der Waals surface area contributed by atoms with E-state index < -0.39 is 16.3 Å². The molecule has 2 rings (SSSR count). The van der Waals surface area contributed by atoms with E-state index >= 15 is 0 Å². The molecule has 0 unspecified atom stereocenters. The number of nitro benzene ring substituents is 1. The molecule has 2 aromatic rings. The van der Waals surface area contributed by atoms with Gasteiger partial charge in [-0.05, 0) is 31.7 Å². The van der Waals surface area contributed by atoms with E-state index in [1.807, 2.05) is 18.2 Å². The van der Waals surface area contributed by atoms with E-state index in [1.54, 1.807) is 6.92 Å². The van der Waals surface area contributed by atoms with Crippen LogP contribution in [0.25, 0.3) is 0 Å². The van der Waals surface area contributed by atoms with Crippen molar-refractivity contribution in [2.75, 3.05) is 0 Å². The second-order valence-corrected chi connectivity index (χ2v) is 6.54. The molecule has 2 aromatic carbocycles. The zero-order valence-corrected chi connectivity index (χ0v) is 16.1. The van der Waals surface area contributed by atoms with Gasteiger partial charge in [0.15, 0.2) is 0 Å². The van der Waals surface area contributed by atoms with Gasteiger partial charge in [0.05, 0.1) is 16.4 Å². The predicted molar refractivity (Wildman–Crippen MR) is 103 cm³/mol. The molecule has 0 bridgehead atoms. The van der Waals surface area contributed by atoms with E-state index in [-0.39, 0.29) is 18.5 Å². The van der Waals surface area contributed by atoms with E-state index in [0.29, 0.717) is 18.0 Å². The van der Waals surface area contributed by atoms with Crippen molar-refractivity contribution in [1.82, 2.24) is 0 Å². The van der Waals surface area contributed by atoms with Crippen molar-refractivity contribution in [2.24, 2.45) is 0 Å². The molecule has 0 aliphatic rings. The molecule has 0 fully saturated rings. The Morgan fingerprint density at radius 2 is 1.79 bits per heavy atom. The molecular formula is C21H25N3O4. The van der Waals surface area contributed by atoms with Crippen molar-refractivity contribution in [2.45, 2.75) is 44.6 Å². The van der Waals surface area contributed by atoms with Crippen molar-refractivity contribution in [3.05, 3.63) is 75.8 Å². The predicted octanol–water partition coefficient (Wildman–Crippen LogP) is 2.29. The van der Waals surface area contributed by atoms with Gasteiger partial charge < -0.3 is 15.6 Å². The van der Waals surface area contributed by atoms with Crippen molar-refractivity contribution in [3.63, 3.8) is 0 Å². The molecular weight excluding hydrogens is 358 g/mol. The van der Waals surface area contributed by atoms with Gasteiger partial charge in [-0.2, -0.15) is 5.26 Å². The third-order valence-electron chi connectivity index (χ3n) is 4.57. The standard InChI is InChI=1S/C13H14N2O4.C8H11N/c1-2-13(9-14,8-7-12(16)17)10-3-5-11(6-4-10)15(18)19;1-7(9)8-5-3-2-4-6-8/h3-6H,2,7-8H2,1H3,(H,16,17);2-7H,9H2,1H3/t13-;7-/m01/s1. The first-order valence-electron chi connectivity index (χ1n) is 8.99. The average molecular weight is 383 g/mol. The number of nitrogens with zero attached hydrogens (tertiary/aromatic N) is 2. The van der Waals surface area contributed by atoms with Crippen LogP contribution in [0.1, 0.15) is 50.3 Å². The molecule has 7 nitrogen and oxygen atoms in total. The van der Waals surface area contributed by atoms with Gasteiger partial charge in [0.25, 0.3) is 5.69 Å². The fraction of sp³-hybridized carbons (Fsp3) is 0.333. The summed E-state index contributed by atoms with van der Waals surface area (Å²) in [6.07, 6.45) is 0.327. The second-order valence-electron chi connectivity index (χ2n) is 6.54. The van der Waals surface area contributed by atoms with Crippen LogP contribution in [-0.2, 0) is 10.2 Å². The summed E-state index contributed by atoms with van der Waals surface area (Å²) >= 11 is 0. The molecule has 0 aromatic heterocycles. The number of benzene rings is 2. The number of hydrogen-bond donors (Lipinski definition) is 1. The molecule has 2 atom stereocenters. The first kappa shape index (κ1) is 22.8. The number of quaternary nitrogens is 1. The summed E-state index contributed by atoms with van der Waals surface area (Å²) in [6, 6.07) is 18.5. The summed E-state index contributed by atoms with van der Waals surface area (Å²) in [5.41, 5.74) is 4.79. The van der Waals surface area contributed by atoms with Gasteiger partial charge in [-0.3, -0.25) is 10.1 Å². The van der Waals surface area contributed by atoms with Crippen LogP contribution in [0, 0.1) is 21.4 Å². The number of nitriles is 1. The number of carbonyl (C=O) groups is 1. The lowest BCUT2D eigenvalue weighted by Gasteiger charge is -2.25. The highest BCUT2D eigenvalue weighted by Gasteiger charge is 2.30. The molecule has 3 N–H and O–H groups in total. The molecule has 7 heteroatoms. The summed E-state index contributed by atoms with van der Waals surface area (Å²) in [7, 11) is 0. The number of hydrogen-bond acceptors (Lipinski definition) is 5. The molecule has 0 spiro atoms. The summed E-state index contributed by atoms with van der Waals surface area (Å²) < 4.78 is 0. The minimum absolute atomic E-state index is 0.0633. The van der Waals surface area contributed by atoms with E-state index in [1.165, 1.54) is 29.8 Å². The van der Waals surface area contributed by atoms with Gasteiger partial charge in [0.1, 0.15) is 6.04 Å². The van der Waals surface area contributed by atoms with E-state index in [2.05, 4.69) is 30.9 Å². The largest absolute Gasteiger partial charge is 0.550 e. The van der Waals surface area contributed by atoms with Crippen LogP contribution in [-0.4, -0.2) is 10.9 Å². The first-order valence-corrected chi connectivity index (χ1v) is 8.99. The van der Waals surface area contributed by atoms with E-state index in [9.17, 15) is 25.3 Å². The van der Waals surface area contributed by atoms with Gasteiger partial charge in [0.2, 0.25) is 0 Å². The minimum atomic E-state index is -1.21. The van der Waals surface area contributed by atoms with Crippen molar-refractivity contribution in [1.29, 1.82) is 5.26 Å². The van der Waals surface area contributed by atoms with Crippen LogP contribution in [0.15, 0.2) is 54.6 Å². The Hall–Kier alpha value is -3.24. The lowest BCUT2D eigenvalue weighted by Crippen LogP contribution is -2.51. The van der Waals surface area contributed by atoms with Crippen LogP contribution < -0.4 is 10.8 Å². The Morgan fingerprint density at radius 3 is 2.14 bits per heavy atom. The Morgan fingerprint density at radius 1 is 1.21 bits per heavy atom. The Bertz CT molecular complexity index is 814. The average Bonchev–Trinajstić information content (AvgIpc) is 2.70. The number of rotatable bonds is 7. The second kappa shape index (κ2) is 10.8. The Balaban J connectivity index is 0.000000362. The zero-order valence-electron chi connectivity index (χ0n) is 16.1. The van der Waals surface area contributed by atoms with Gasteiger partial charge in [-0.25, -0.2) is 0 Å². The quantitative estimate of drug-likeness (QED) is 0.578. The third kappa shape index (κ3) is 6.49. The van der Waals surface area contributed by atoms with Crippen LogP contribution in [0.5, 0.6) is 0 Å². The summed E-state index contributed by atoms with van der Waals surface area (Å²) in [6.45, 7) is 3.87. The van der Waals surface area contributed by atoms with Gasteiger partial charge in [-0.15, -0.1) is 0 Å². The number of carboxylic acid groups (broad SMARTS) is 1. The maximum absolute atomic E-state index is 10.6. The molecule has 148 valence electrons. The van der Waals surface area contributed by atoms with Gasteiger partial charge >= 0.3 is 0 Å². The first-order chi connectivity index (χ1) is 13.3. The topological polar surface area (TPSA) is 135 Å². The van der Waals surface area contributed by atoms with Crippen molar-refractivity contribution >= 4 is 11.7 Å². The zero-order chi connectivity index (χ0) is 21.2. The van der Waals surface area contributed by atoms with Crippen LogP contribution in [0.3, 0.4) is 0 Å². The highest BCUT2D eigenvalue weighted by molar-refractivity contribution is 5.64. The molecule has 0 amide bonds. The van der Waals surface area contributed by atoms with E-state index in [4.69, 9.17) is 0 Å². The highest BCUT2D eigenvalue weighted by atomic mass is 16.6. The lowest BCUT2D eigenvalue weighted by molar-refractivity contribution is -0.420. The molecule has 0 aliphatic carbocycles. The van der Waals surface area contributed by atoms with Gasteiger partial charge in [-0.1, -0.05) is 49.4 Å². The SMILES string of the molecule is CC[C@@](C#N)(CCC(=O)[O-])c1ccc([N+](=O)[O-])cc1.C[C@@H]([NH3+])c1ccccc1. The van der Waals surface area contributed by atoms with Crippen molar-refractivity contribution in [3.8, 4) is 6.07 Å². The Labute approximate surface area is 164 Å². The molecule has 0 aliphatic heterocycles. The van der Waals surface area contributed by atoms with Crippen LogP contribution in [0.4, 0.5) is 5.69 Å². The summed E-state index contributed by atoms with van der Waals surface area (Å²) in [5.74, 6) is -1.21. The Kier molecular flexibility index (Phi) is 8.79. The van der Waals surface area contributed by atoms with Crippen molar-refractivity contribution < 1.29 is 20.6 Å². The number of aliphatic carboxylic acids is 1. The maximum atomic E-state index is 10.6. The number of nitro groups is 1. The highest BCUT2D eigenvalue weighted by Crippen LogP contribution is 2.33. The fourth-order valence-electron chi connectivity index (χ4n) is 2.72. The third-order valence-corrected chi connectivity index (χ3v) is 4.57.